The van der Waals surface area contributed by atoms with Crippen LogP contribution in [0.3, 0.4) is 0 Å². The van der Waals surface area contributed by atoms with Crippen molar-refractivity contribution in [3.05, 3.63) is 61.9 Å². The van der Waals surface area contributed by atoms with Crippen LogP contribution in [-0.4, -0.2) is 5.91 Å². The average Bonchev–Trinajstić information content (AvgIpc) is 2.35. The topological polar surface area (TPSA) is 29.1 Å². The van der Waals surface area contributed by atoms with Crippen molar-refractivity contribution >= 4 is 50.1 Å². The van der Waals surface area contributed by atoms with Gasteiger partial charge in [-0.25, -0.2) is 4.39 Å². The van der Waals surface area contributed by atoms with E-state index in [1.54, 1.807) is 12.1 Å². The summed E-state index contributed by atoms with van der Waals surface area (Å²) >= 11 is 5.41. The molecule has 0 bridgehead atoms. The van der Waals surface area contributed by atoms with Crippen molar-refractivity contribution in [3.63, 3.8) is 0 Å². The molecule has 2 aromatic rings. The second kappa shape index (κ2) is 5.79. The van der Waals surface area contributed by atoms with Crippen LogP contribution in [-0.2, 0) is 0 Å². The van der Waals surface area contributed by atoms with E-state index in [0.29, 0.717) is 10.2 Å². The largest absolute Gasteiger partial charge is 0.322 e. The maximum atomic E-state index is 13.1. The highest BCUT2D eigenvalue weighted by Gasteiger charge is 2.11. The molecule has 0 atom stereocenters. The number of nitrogens with one attached hydrogen (secondary N) is 1. The van der Waals surface area contributed by atoms with Gasteiger partial charge in [-0.3, -0.25) is 4.79 Å². The van der Waals surface area contributed by atoms with E-state index in [9.17, 15) is 9.18 Å². The lowest BCUT2D eigenvalue weighted by Gasteiger charge is -2.07. The standard InChI is InChI=1S/C13H8BrFINO/c14-12-6-1-8(15)7-11(12)13(18)17-10-4-2-9(16)3-5-10/h1-7H,(H,17,18). The van der Waals surface area contributed by atoms with Crippen molar-refractivity contribution < 1.29 is 9.18 Å². The third-order valence-corrected chi connectivity index (χ3v) is 3.69. The molecule has 0 fully saturated rings. The Labute approximate surface area is 126 Å². The van der Waals surface area contributed by atoms with E-state index < -0.39 is 5.82 Å². The first-order chi connectivity index (χ1) is 8.56. The number of halogens is 3. The number of carbonyl (C=O) groups is 1. The average molecular weight is 420 g/mol. The van der Waals surface area contributed by atoms with Crippen LogP contribution in [0.4, 0.5) is 10.1 Å². The summed E-state index contributed by atoms with van der Waals surface area (Å²) in [6, 6.07) is 11.4. The Balaban J connectivity index is 2.21. The number of amides is 1. The molecule has 0 spiro atoms. The van der Waals surface area contributed by atoms with E-state index in [1.165, 1.54) is 18.2 Å². The number of carbonyl (C=O) groups excluding carboxylic acids is 1. The number of anilines is 1. The molecule has 0 aliphatic rings. The van der Waals surface area contributed by atoms with Gasteiger partial charge in [-0.15, -0.1) is 0 Å². The molecular formula is C13H8BrFINO. The lowest BCUT2D eigenvalue weighted by molar-refractivity contribution is 0.102. The van der Waals surface area contributed by atoms with Crippen molar-refractivity contribution in [2.75, 3.05) is 5.32 Å². The smallest absolute Gasteiger partial charge is 0.256 e. The molecule has 0 unspecified atom stereocenters. The molecule has 5 heteroatoms. The highest BCUT2D eigenvalue weighted by molar-refractivity contribution is 14.1. The Hall–Kier alpha value is -0.950. The molecule has 0 aromatic heterocycles. The van der Waals surface area contributed by atoms with E-state index in [-0.39, 0.29) is 11.5 Å². The fourth-order valence-electron chi connectivity index (χ4n) is 1.40. The van der Waals surface area contributed by atoms with Crippen LogP contribution < -0.4 is 5.32 Å². The van der Waals surface area contributed by atoms with Gasteiger partial charge in [0.25, 0.3) is 5.91 Å². The highest BCUT2D eigenvalue weighted by Crippen LogP contribution is 2.20. The zero-order valence-electron chi connectivity index (χ0n) is 9.08. The van der Waals surface area contributed by atoms with Gasteiger partial charge in [0.15, 0.2) is 0 Å². The van der Waals surface area contributed by atoms with Crippen molar-refractivity contribution in [2.45, 2.75) is 0 Å². The number of hydrogen-bond acceptors (Lipinski definition) is 1. The molecule has 2 aromatic carbocycles. The Kier molecular flexibility index (Phi) is 4.34. The Morgan fingerprint density at radius 1 is 1.17 bits per heavy atom. The molecule has 0 aliphatic carbocycles. The van der Waals surface area contributed by atoms with Crippen LogP contribution in [0, 0.1) is 9.39 Å². The van der Waals surface area contributed by atoms with Gasteiger partial charge in [0.1, 0.15) is 5.82 Å². The predicted molar refractivity (Wildman–Crippen MR) is 81.2 cm³/mol. The van der Waals surface area contributed by atoms with E-state index >= 15 is 0 Å². The van der Waals surface area contributed by atoms with Crippen molar-refractivity contribution in [2.24, 2.45) is 0 Å². The highest BCUT2D eigenvalue weighted by atomic mass is 127. The minimum absolute atomic E-state index is 0.272. The molecule has 1 N–H and O–H groups in total. The summed E-state index contributed by atoms with van der Waals surface area (Å²) in [6.45, 7) is 0. The van der Waals surface area contributed by atoms with E-state index in [0.717, 1.165) is 3.57 Å². The Morgan fingerprint density at radius 3 is 2.50 bits per heavy atom. The van der Waals surface area contributed by atoms with Crippen LogP contribution in [0.1, 0.15) is 10.4 Å². The second-order valence-corrected chi connectivity index (χ2v) is 5.69. The monoisotopic (exact) mass is 419 g/mol. The van der Waals surface area contributed by atoms with Gasteiger partial charge in [-0.2, -0.15) is 0 Å². The van der Waals surface area contributed by atoms with Gasteiger partial charge in [0, 0.05) is 13.7 Å². The predicted octanol–water partition coefficient (Wildman–Crippen LogP) is 4.45. The third-order valence-electron chi connectivity index (χ3n) is 2.28. The number of rotatable bonds is 2. The first-order valence-corrected chi connectivity index (χ1v) is 6.95. The Morgan fingerprint density at radius 2 is 1.83 bits per heavy atom. The van der Waals surface area contributed by atoms with E-state index in [2.05, 4.69) is 43.8 Å². The minimum Gasteiger partial charge on any atom is -0.322 e. The molecule has 92 valence electrons. The molecule has 2 rings (SSSR count). The fraction of sp³-hybridized carbons (Fsp3) is 0. The first kappa shape index (κ1) is 13.5. The van der Waals surface area contributed by atoms with Crippen LogP contribution in [0.15, 0.2) is 46.9 Å². The summed E-state index contributed by atoms with van der Waals surface area (Å²) in [7, 11) is 0. The zero-order valence-corrected chi connectivity index (χ0v) is 12.8. The summed E-state index contributed by atoms with van der Waals surface area (Å²) in [5.74, 6) is -0.784. The van der Waals surface area contributed by atoms with Gasteiger partial charge >= 0.3 is 0 Å². The first-order valence-electron chi connectivity index (χ1n) is 5.08. The normalized spacial score (nSPS) is 10.2. The van der Waals surface area contributed by atoms with E-state index in [1.807, 2.05) is 12.1 Å². The van der Waals surface area contributed by atoms with Crippen LogP contribution in [0.25, 0.3) is 0 Å². The van der Waals surface area contributed by atoms with Gasteiger partial charge in [0.05, 0.1) is 5.56 Å². The summed E-state index contributed by atoms with van der Waals surface area (Å²) < 4.78 is 14.7. The second-order valence-electron chi connectivity index (χ2n) is 3.59. The van der Waals surface area contributed by atoms with Gasteiger partial charge in [0.2, 0.25) is 0 Å². The van der Waals surface area contributed by atoms with Crippen LogP contribution in [0.2, 0.25) is 0 Å². The fourth-order valence-corrected chi connectivity index (χ4v) is 2.19. The maximum absolute atomic E-state index is 13.1. The summed E-state index contributed by atoms with van der Waals surface area (Å²) in [4.78, 5) is 12.0. The summed E-state index contributed by atoms with van der Waals surface area (Å²) in [5.41, 5.74) is 0.949. The van der Waals surface area contributed by atoms with Crippen LogP contribution >= 0.6 is 38.5 Å². The zero-order chi connectivity index (χ0) is 13.1. The minimum atomic E-state index is -0.439. The lowest BCUT2D eigenvalue weighted by atomic mass is 10.2. The molecule has 0 aliphatic heterocycles. The molecule has 18 heavy (non-hydrogen) atoms. The quantitative estimate of drug-likeness (QED) is 0.716. The SMILES string of the molecule is O=C(Nc1ccc(I)cc1)c1cc(F)ccc1Br. The summed E-state index contributed by atoms with van der Waals surface area (Å²) in [5, 5.41) is 2.71. The van der Waals surface area contributed by atoms with Gasteiger partial charge in [-0.1, -0.05) is 0 Å². The molecule has 0 saturated heterocycles. The molecule has 2 nitrogen and oxygen atoms in total. The van der Waals surface area contributed by atoms with Crippen LogP contribution in [0.5, 0.6) is 0 Å². The van der Waals surface area contributed by atoms with E-state index in [4.69, 9.17) is 0 Å². The van der Waals surface area contributed by atoms with Gasteiger partial charge in [-0.05, 0) is 81.0 Å². The number of benzene rings is 2. The number of hydrogen-bond donors (Lipinski definition) is 1. The molecular weight excluding hydrogens is 412 g/mol. The molecule has 0 saturated carbocycles. The van der Waals surface area contributed by atoms with Crippen molar-refractivity contribution in [1.82, 2.24) is 0 Å². The van der Waals surface area contributed by atoms with Crippen molar-refractivity contribution in [3.8, 4) is 0 Å². The molecule has 1 amide bonds. The molecule has 0 heterocycles. The maximum Gasteiger partial charge on any atom is 0.256 e. The van der Waals surface area contributed by atoms with Crippen molar-refractivity contribution in [1.29, 1.82) is 0 Å². The third kappa shape index (κ3) is 3.29. The lowest BCUT2D eigenvalue weighted by Crippen LogP contribution is -2.12. The summed E-state index contributed by atoms with van der Waals surface area (Å²) in [6.07, 6.45) is 0. The van der Waals surface area contributed by atoms with Gasteiger partial charge < -0.3 is 5.32 Å². The molecule has 0 radical (unpaired) electrons. The Bertz CT molecular complexity index is 586.